The third-order valence-corrected chi connectivity index (χ3v) is 4.13. The predicted molar refractivity (Wildman–Crippen MR) is 87.8 cm³/mol. The zero-order valence-corrected chi connectivity index (χ0v) is 13.9. The first kappa shape index (κ1) is 17.5. The predicted octanol–water partition coefficient (Wildman–Crippen LogP) is 2.75. The van der Waals surface area contributed by atoms with Gasteiger partial charge >= 0.3 is 5.97 Å². The Morgan fingerprint density at radius 1 is 1.33 bits per heavy atom. The van der Waals surface area contributed by atoms with Gasteiger partial charge in [0, 0.05) is 19.3 Å². The van der Waals surface area contributed by atoms with Gasteiger partial charge in [0.25, 0.3) is 0 Å². The molecule has 0 bridgehead atoms. The van der Waals surface area contributed by atoms with E-state index in [1.54, 1.807) is 7.05 Å². The van der Waals surface area contributed by atoms with Crippen molar-refractivity contribution in [3.63, 3.8) is 0 Å². The summed E-state index contributed by atoms with van der Waals surface area (Å²) in [4.78, 5) is 14.0. The van der Waals surface area contributed by atoms with E-state index in [1.807, 2.05) is 6.92 Å². The van der Waals surface area contributed by atoms with Crippen LogP contribution in [-0.4, -0.2) is 39.3 Å². The standard InChI is InChI=1S/C17H28N2O2/c1-14-10-6-7-11-15(14)19(4)13-9-8-12-17(2,18-3)16(20)21-5/h6-7,10-11,18H,8-9,12-13H2,1-5H3. The maximum atomic E-state index is 11.8. The third-order valence-electron chi connectivity index (χ3n) is 4.13. The molecular formula is C17H28N2O2. The first-order valence-electron chi connectivity index (χ1n) is 7.48. The van der Waals surface area contributed by atoms with Gasteiger partial charge in [-0.2, -0.15) is 0 Å². The fourth-order valence-electron chi connectivity index (χ4n) is 2.49. The minimum Gasteiger partial charge on any atom is -0.468 e. The van der Waals surface area contributed by atoms with E-state index >= 15 is 0 Å². The van der Waals surface area contributed by atoms with Crippen molar-refractivity contribution in [3.05, 3.63) is 29.8 Å². The van der Waals surface area contributed by atoms with Gasteiger partial charge in [-0.15, -0.1) is 0 Å². The molecule has 0 aliphatic carbocycles. The Balaban J connectivity index is 2.43. The fourth-order valence-corrected chi connectivity index (χ4v) is 2.49. The number of methoxy groups -OCH3 is 1. The van der Waals surface area contributed by atoms with Crippen molar-refractivity contribution in [3.8, 4) is 0 Å². The molecule has 1 aromatic carbocycles. The zero-order valence-electron chi connectivity index (χ0n) is 13.9. The molecule has 0 amide bonds. The van der Waals surface area contributed by atoms with E-state index < -0.39 is 5.54 Å². The van der Waals surface area contributed by atoms with Gasteiger partial charge in [-0.1, -0.05) is 18.2 Å². The van der Waals surface area contributed by atoms with Gasteiger partial charge in [-0.3, -0.25) is 4.79 Å². The molecule has 0 saturated carbocycles. The summed E-state index contributed by atoms with van der Waals surface area (Å²) < 4.78 is 4.86. The minimum absolute atomic E-state index is 0.197. The van der Waals surface area contributed by atoms with Crippen LogP contribution in [0.5, 0.6) is 0 Å². The van der Waals surface area contributed by atoms with Crippen LogP contribution in [-0.2, 0) is 9.53 Å². The smallest absolute Gasteiger partial charge is 0.325 e. The summed E-state index contributed by atoms with van der Waals surface area (Å²) in [6, 6.07) is 8.39. The van der Waals surface area contributed by atoms with E-state index in [1.165, 1.54) is 18.4 Å². The van der Waals surface area contributed by atoms with Gasteiger partial charge in [0.05, 0.1) is 7.11 Å². The Bertz CT molecular complexity index is 462. The van der Waals surface area contributed by atoms with E-state index in [0.29, 0.717) is 0 Å². The van der Waals surface area contributed by atoms with E-state index in [0.717, 1.165) is 25.8 Å². The van der Waals surface area contributed by atoms with E-state index in [4.69, 9.17) is 4.74 Å². The number of carbonyl (C=O) groups excluding carboxylic acids is 1. The summed E-state index contributed by atoms with van der Waals surface area (Å²) in [6.07, 6.45) is 2.79. The summed E-state index contributed by atoms with van der Waals surface area (Å²) in [5.74, 6) is -0.197. The lowest BCUT2D eigenvalue weighted by molar-refractivity contribution is -0.148. The number of hydrogen-bond acceptors (Lipinski definition) is 4. The highest BCUT2D eigenvalue weighted by Gasteiger charge is 2.31. The van der Waals surface area contributed by atoms with Gasteiger partial charge in [0.1, 0.15) is 5.54 Å². The van der Waals surface area contributed by atoms with Gasteiger partial charge in [-0.05, 0) is 51.8 Å². The number of esters is 1. The van der Waals surface area contributed by atoms with Gasteiger partial charge in [0.2, 0.25) is 0 Å². The molecule has 1 atom stereocenters. The first-order chi connectivity index (χ1) is 9.94. The summed E-state index contributed by atoms with van der Waals surface area (Å²) >= 11 is 0. The lowest BCUT2D eigenvalue weighted by atomic mass is 9.95. The molecule has 0 spiro atoms. The van der Waals surface area contributed by atoms with Gasteiger partial charge < -0.3 is 15.0 Å². The van der Waals surface area contributed by atoms with E-state index in [9.17, 15) is 4.79 Å². The summed E-state index contributed by atoms with van der Waals surface area (Å²) in [5.41, 5.74) is 1.96. The van der Waals surface area contributed by atoms with Crippen molar-refractivity contribution < 1.29 is 9.53 Å². The van der Waals surface area contributed by atoms with Crippen molar-refractivity contribution in [1.82, 2.24) is 5.32 Å². The van der Waals surface area contributed by atoms with Gasteiger partial charge in [0.15, 0.2) is 0 Å². The number of ether oxygens (including phenoxy) is 1. The molecule has 0 heterocycles. The maximum absolute atomic E-state index is 11.8. The molecule has 0 aliphatic rings. The first-order valence-corrected chi connectivity index (χ1v) is 7.48. The molecule has 0 saturated heterocycles. The van der Waals surface area contributed by atoms with Gasteiger partial charge in [-0.25, -0.2) is 0 Å². The number of aryl methyl sites for hydroxylation is 1. The molecule has 1 aromatic rings. The number of nitrogens with zero attached hydrogens (tertiary/aromatic N) is 1. The number of rotatable bonds is 8. The third kappa shape index (κ3) is 4.74. The normalized spacial score (nSPS) is 13.6. The zero-order chi connectivity index (χ0) is 15.9. The Hall–Kier alpha value is -1.55. The molecule has 21 heavy (non-hydrogen) atoms. The molecule has 1 N–H and O–H groups in total. The van der Waals surface area contributed by atoms with Crippen molar-refractivity contribution in [1.29, 1.82) is 0 Å². The lowest BCUT2D eigenvalue weighted by Gasteiger charge is -2.27. The lowest BCUT2D eigenvalue weighted by Crippen LogP contribution is -2.48. The van der Waals surface area contributed by atoms with Crippen LogP contribution >= 0.6 is 0 Å². The maximum Gasteiger partial charge on any atom is 0.325 e. The second-order valence-electron chi connectivity index (χ2n) is 5.74. The second kappa shape index (κ2) is 8.03. The van der Waals surface area contributed by atoms with Crippen LogP contribution in [0.25, 0.3) is 0 Å². The number of likely N-dealkylation sites (N-methyl/N-ethyl adjacent to an activating group) is 1. The van der Waals surface area contributed by atoms with Crippen molar-refractivity contribution >= 4 is 11.7 Å². The Morgan fingerprint density at radius 3 is 2.57 bits per heavy atom. The van der Waals surface area contributed by atoms with Crippen molar-refractivity contribution in [2.24, 2.45) is 0 Å². The molecule has 0 aromatic heterocycles. The van der Waals surface area contributed by atoms with Crippen LogP contribution in [0.1, 0.15) is 31.7 Å². The van der Waals surface area contributed by atoms with Crippen LogP contribution in [0.4, 0.5) is 5.69 Å². The largest absolute Gasteiger partial charge is 0.468 e. The van der Waals surface area contributed by atoms with Crippen LogP contribution in [0.3, 0.4) is 0 Å². The highest BCUT2D eigenvalue weighted by Crippen LogP contribution is 2.20. The van der Waals surface area contributed by atoms with E-state index in [2.05, 4.69) is 48.5 Å². The second-order valence-corrected chi connectivity index (χ2v) is 5.74. The monoisotopic (exact) mass is 292 g/mol. The quantitative estimate of drug-likeness (QED) is 0.591. The average Bonchev–Trinajstić information content (AvgIpc) is 2.50. The average molecular weight is 292 g/mol. The topological polar surface area (TPSA) is 41.6 Å². The molecule has 4 heteroatoms. The molecule has 0 radical (unpaired) electrons. The summed E-state index contributed by atoms with van der Waals surface area (Å²) in [7, 11) is 5.35. The van der Waals surface area contributed by atoms with Crippen molar-refractivity contribution in [2.45, 2.75) is 38.6 Å². The molecule has 0 fully saturated rings. The molecular weight excluding hydrogens is 264 g/mol. The number of unbranched alkanes of at least 4 members (excludes halogenated alkanes) is 1. The van der Waals surface area contributed by atoms with Crippen LogP contribution in [0, 0.1) is 6.92 Å². The minimum atomic E-state index is -0.587. The molecule has 4 nitrogen and oxygen atoms in total. The summed E-state index contributed by atoms with van der Waals surface area (Å²) in [6.45, 7) is 5.00. The highest BCUT2D eigenvalue weighted by molar-refractivity contribution is 5.80. The van der Waals surface area contributed by atoms with Crippen LogP contribution in [0.15, 0.2) is 24.3 Å². The molecule has 1 rings (SSSR count). The number of nitrogens with one attached hydrogen (secondary N) is 1. The number of hydrogen-bond donors (Lipinski definition) is 1. The Labute approximate surface area is 128 Å². The fraction of sp³-hybridized carbons (Fsp3) is 0.588. The number of benzene rings is 1. The number of carbonyl (C=O) groups is 1. The number of para-hydroxylation sites is 1. The highest BCUT2D eigenvalue weighted by atomic mass is 16.5. The molecule has 1 unspecified atom stereocenters. The SMILES string of the molecule is CNC(C)(CCCCN(C)c1ccccc1C)C(=O)OC. The van der Waals surface area contributed by atoms with Crippen LogP contribution in [0.2, 0.25) is 0 Å². The van der Waals surface area contributed by atoms with Crippen LogP contribution < -0.4 is 10.2 Å². The number of anilines is 1. The van der Waals surface area contributed by atoms with E-state index in [-0.39, 0.29) is 5.97 Å². The molecule has 0 aliphatic heterocycles. The summed E-state index contributed by atoms with van der Waals surface area (Å²) in [5, 5.41) is 3.07. The van der Waals surface area contributed by atoms with Crippen molar-refractivity contribution in [2.75, 3.05) is 32.6 Å². The molecule has 118 valence electrons. The Morgan fingerprint density at radius 2 is 2.00 bits per heavy atom. The Kier molecular flexibility index (Phi) is 6.69.